The van der Waals surface area contributed by atoms with Crippen LogP contribution in [-0.2, 0) is 26.3 Å². The molecule has 10 nitrogen and oxygen atoms in total. The number of nitro groups is 1. The summed E-state index contributed by atoms with van der Waals surface area (Å²) in [6, 6.07) is 33.0. The van der Waals surface area contributed by atoms with Crippen molar-refractivity contribution in [2.45, 2.75) is 57.2 Å². The summed E-state index contributed by atoms with van der Waals surface area (Å²) < 4.78 is 5.47. The van der Waals surface area contributed by atoms with Crippen LogP contribution in [0.4, 0.5) is 16.2 Å². The van der Waals surface area contributed by atoms with Crippen LogP contribution in [0.15, 0.2) is 121 Å². The molecule has 4 aromatic carbocycles. The molecular weight excluding hydrogens is 620 g/mol. The topological polar surface area (TPSA) is 131 Å². The molecule has 0 saturated heterocycles. The number of amides is 3. The number of ether oxygens (including phenoxy) is 1. The molecule has 0 aromatic heterocycles. The predicted octanol–water partition coefficient (Wildman–Crippen LogP) is 6.82. The maximum Gasteiger partial charge on any atom is 0.408 e. The van der Waals surface area contributed by atoms with E-state index in [0.717, 1.165) is 22.3 Å². The molecule has 252 valence electrons. The molecule has 1 heterocycles. The predicted molar refractivity (Wildman–Crippen MR) is 188 cm³/mol. The van der Waals surface area contributed by atoms with Gasteiger partial charge in [-0.15, -0.1) is 0 Å². The Hall–Kier alpha value is -5.77. The third-order valence-electron chi connectivity index (χ3n) is 8.24. The van der Waals surface area contributed by atoms with Gasteiger partial charge in [-0.1, -0.05) is 103 Å². The largest absolute Gasteiger partial charge is 0.444 e. The molecule has 5 rings (SSSR count). The molecule has 2 N–H and O–H groups in total. The fourth-order valence-corrected chi connectivity index (χ4v) is 6.01. The first-order chi connectivity index (χ1) is 23.5. The van der Waals surface area contributed by atoms with E-state index in [2.05, 4.69) is 10.6 Å². The number of carbonyl (C=O) groups is 3. The highest BCUT2D eigenvalue weighted by Crippen LogP contribution is 2.37. The van der Waals surface area contributed by atoms with E-state index >= 15 is 0 Å². The van der Waals surface area contributed by atoms with Gasteiger partial charge in [0.25, 0.3) is 11.6 Å². The van der Waals surface area contributed by atoms with Crippen LogP contribution in [0.2, 0.25) is 0 Å². The number of rotatable bonds is 11. The highest BCUT2D eigenvalue weighted by Gasteiger charge is 2.38. The first-order valence-electron chi connectivity index (χ1n) is 16.2. The van der Waals surface area contributed by atoms with E-state index < -0.39 is 34.1 Å². The number of anilines is 1. The summed E-state index contributed by atoms with van der Waals surface area (Å²) in [6.07, 6.45) is 2.91. The first-order valence-corrected chi connectivity index (χ1v) is 16.2. The minimum Gasteiger partial charge on any atom is -0.444 e. The monoisotopic (exact) mass is 660 g/mol. The van der Waals surface area contributed by atoms with Gasteiger partial charge < -0.3 is 20.3 Å². The number of hydrogen-bond donors (Lipinski definition) is 2. The van der Waals surface area contributed by atoms with Gasteiger partial charge in [0.05, 0.1) is 16.7 Å². The Morgan fingerprint density at radius 1 is 0.878 bits per heavy atom. The molecule has 1 aliphatic rings. The molecule has 3 amide bonds. The van der Waals surface area contributed by atoms with E-state index in [4.69, 9.17) is 4.74 Å². The summed E-state index contributed by atoms with van der Waals surface area (Å²) in [5.74, 6) is -0.663. The highest BCUT2D eigenvalue weighted by molar-refractivity contribution is 6.03. The minimum absolute atomic E-state index is 0.00594. The molecule has 0 unspecified atom stereocenters. The third-order valence-corrected chi connectivity index (χ3v) is 8.24. The van der Waals surface area contributed by atoms with Crippen molar-refractivity contribution in [3.8, 4) is 0 Å². The van der Waals surface area contributed by atoms with E-state index in [1.54, 1.807) is 26.8 Å². The van der Waals surface area contributed by atoms with Crippen molar-refractivity contribution in [1.82, 2.24) is 10.6 Å². The smallest absolute Gasteiger partial charge is 0.408 e. The molecule has 0 aliphatic carbocycles. The Kier molecular flexibility index (Phi) is 10.6. The Balaban J connectivity index is 1.39. The van der Waals surface area contributed by atoms with Gasteiger partial charge >= 0.3 is 6.09 Å². The zero-order chi connectivity index (χ0) is 35.0. The molecule has 1 atom stereocenters. The lowest BCUT2D eigenvalue weighted by Crippen LogP contribution is -2.48. The maximum absolute atomic E-state index is 14.0. The highest BCUT2D eigenvalue weighted by atomic mass is 16.6. The fourth-order valence-electron chi connectivity index (χ4n) is 6.01. The third kappa shape index (κ3) is 8.39. The summed E-state index contributed by atoms with van der Waals surface area (Å²) in [7, 11) is 0. The summed E-state index contributed by atoms with van der Waals surface area (Å²) >= 11 is 0. The number of alkyl carbamates (subject to hydrolysis) is 1. The molecule has 0 fully saturated rings. The van der Waals surface area contributed by atoms with Crippen molar-refractivity contribution in [2.24, 2.45) is 0 Å². The average molecular weight is 661 g/mol. The van der Waals surface area contributed by atoms with E-state index in [1.165, 1.54) is 29.2 Å². The quantitative estimate of drug-likeness (QED) is 0.0786. The summed E-state index contributed by atoms with van der Waals surface area (Å²) in [5, 5.41) is 17.5. The van der Waals surface area contributed by atoms with Gasteiger partial charge in [0, 0.05) is 31.2 Å². The Morgan fingerprint density at radius 3 is 1.94 bits per heavy atom. The lowest BCUT2D eigenvalue weighted by atomic mass is 9.77. The van der Waals surface area contributed by atoms with Gasteiger partial charge in [-0.3, -0.25) is 19.7 Å². The molecule has 49 heavy (non-hydrogen) atoms. The SMILES string of the molecule is CC(C)(C)OC(=O)N[C@H](/C=C/C(=O)N1CCc2ccc([N+](=O)[O-])cc21)CCC(=O)NC(c1ccccc1)(c1ccccc1)c1ccccc1. The Bertz CT molecular complexity index is 1720. The fraction of sp³-hybridized carbons (Fsp3) is 0.256. The van der Waals surface area contributed by atoms with E-state index in [1.807, 2.05) is 91.0 Å². The zero-order valence-corrected chi connectivity index (χ0v) is 27.8. The van der Waals surface area contributed by atoms with Gasteiger partial charge in [-0.25, -0.2) is 4.79 Å². The molecule has 0 spiro atoms. The van der Waals surface area contributed by atoms with Crippen molar-refractivity contribution >= 4 is 29.3 Å². The number of non-ortho nitro benzene ring substituents is 1. The van der Waals surface area contributed by atoms with E-state index in [-0.39, 0.29) is 24.4 Å². The second kappa shape index (κ2) is 15.0. The standard InChI is InChI=1S/C39H40N4O6/c1-38(2,3)49-37(46)40-32(21-24-36(45)42-26-25-28-19-22-33(43(47)48)27-34(28)42)20-23-35(44)41-39(29-13-7-4-8-14-29,30-15-9-5-10-16-30)31-17-11-6-12-18-31/h4-19,21-22,24,27,32H,20,23,25-26H2,1-3H3,(H,40,46)(H,41,44)/b24-21+/t32-/m0/s1. The van der Waals surface area contributed by atoms with Crippen LogP contribution >= 0.6 is 0 Å². The minimum atomic E-state index is -1.01. The van der Waals surface area contributed by atoms with Crippen LogP contribution in [-0.4, -0.2) is 41.0 Å². The van der Waals surface area contributed by atoms with Gasteiger partial charge in [-0.05, 0) is 55.9 Å². The Morgan fingerprint density at radius 2 is 1.43 bits per heavy atom. The van der Waals surface area contributed by atoms with Crippen LogP contribution in [0.5, 0.6) is 0 Å². The number of nitrogens with zero attached hydrogens (tertiary/aromatic N) is 2. The molecule has 10 heteroatoms. The molecule has 0 bridgehead atoms. The molecular formula is C39H40N4O6. The van der Waals surface area contributed by atoms with Gasteiger partial charge in [0.2, 0.25) is 5.91 Å². The number of benzene rings is 4. The van der Waals surface area contributed by atoms with Gasteiger partial charge in [0.15, 0.2) is 0 Å². The number of nitro benzene ring substituents is 1. The summed E-state index contributed by atoms with van der Waals surface area (Å²) in [4.78, 5) is 52.5. The zero-order valence-electron chi connectivity index (χ0n) is 27.8. The summed E-state index contributed by atoms with van der Waals surface area (Å²) in [5.41, 5.74) is 2.08. The van der Waals surface area contributed by atoms with Gasteiger partial charge in [-0.2, -0.15) is 0 Å². The molecule has 0 saturated carbocycles. The second-order valence-electron chi connectivity index (χ2n) is 12.9. The Labute approximate surface area is 285 Å². The summed E-state index contributed by atoms with van der Waals surface area (Å²) in [6.45, 7) is 5.60. The van der Waals surface area contributed by atoms with Crippen LogP contribution in [0.1, 0.15) is 55.9 Å². The average Bonchev–Trinajstić information content (AvgIpc) is 3.52. The second-order valence-corrected chi connectivity index (χ2v) is 12.9. The van der Waals surface area contributed by atoms with Crippen LogP contribution < -0.4 is 15.5 Å². The normalized spacial score (nSPS) is 13.4. The van der Waals surface area contributed by atoms with E-state index in [0.29, 0.717) is 18.7 Å². The van der Waals surface area contributed by atoms with E-state index in [9.17, 15) is 24.5 Å². The molecule has 0 radical (unpaired) electrons. The number of fused-ring (bicyclic) bond motifs is 1. The molecule has 1 aliphatic heterocycles. The lowest BCUT2D eigenvalue weighted by molar-refractivity contribution is -0.384. The van der Waals surface area contributed by atoms with Crippen molar-refractivity contribution < 1.29 is 24.0 Å². The van der Waals surface area contributed by atoms with Crippen molar-refractivity contribution in [3.05, 3.63) is 154 Å². The van der Waals surface area contributed by atoms with Crippen LogP contribution in [0.3, 0.4) is 0 Å². The van der Waals surface area contributed by atoms with Crippen molar-refractivity contribution in [1.29, 1.82) is 0 Å². The number of carbonyl (C=O) groups excluding carboxylic acids is 3. The first kappa shape index (κ1) is 34.6. The van der Waals surface area contributed by atoms with Crippen molar-refractivity contribution in [3.63, 3.8) is 0 Å². The number of hydrogen-bond acceptors (Lipinski definition) is 6. The molecule has 4 aromatic rings. The lowest BCUT2D eigenvalue weighted by Gasteiger charge is -2.37. The van der Waals surface area contributed by atoms with Gasteiger partial charge in [0.1, 0.15) is 11.1 Å². The van der Waals surface area contributed by atoms with Crippen molar-refractivity contribution in [2.75, 3.05) is 11.4 Å². The number of nitrogens with one attached hydrogen (secondary N) is 2. The maximum atomic E-state index is 14.0. The van der Waals surface area contributed by atoms with Crippen LogP contribution in [0, 0.1) is 10.1 Å². The van der Waals surface area contributed by atoms with Crippen LogP contribution in [0.25, 0.3) is 0 Å².